The molecule has 128 valence electrons. The number of amides is 1. The van der Waals surface area contributed by atoms with Gasteiger partial charge in [0.05, 0.1) is 0 Å². The van der Waals surface area contributed by atoms with Crippen LogP contribution in [-0.4, -0.2) is 60.5 Å². The van der Waals surface area contributed by atoms with Crippen LogP contribution in [0.3, 0.4) is 0 Å². The summed E-state index contributed by atoms with van der Waals surface area (Å²) in [6, 6.07) is 2.38. The maximum atomic E-state index is 13.7. The van der Waals surface area contributed by atoms with Gasteiger partial charge in [-0.3, -0.25) is 0 Å². The van der Waals surface area contributed by atoms with Crippen molar-refractivity contribution in [1.82, 2.24) is 14.2 Å². The van der Waals surface area contributed by atoms with Crippen molar-refractivity contribution >= 4 is 16.1 Å². The molecule has 9 heteroatoms. The molecule has 0 N–H and O–H groups in total. The van der Waals surface area contributed by atoms with E-state index in [-0.39, 0.29) is 26.2 Å². The highest BCUT2D eigenvalue weighted by Gasteiger charge is 2.34. The van der Waals surface area contributed by atoms with Crippen LogP contribution in [0.4, 0.5) is 9.18 Å². The zero-order valence-corrected chi connectivity index (χ0v) is 14.1. The molecule has 1 aromatic heterocycles. The van der Waals surface area contributed by atoms with E-state index in [1.165, 1.54) is 17.2 Å². The first-order chi connectivity index (χ1) is 10.6. The van der Waals surface area contributed by atoms with Crippen LogP contribution in [0.25, 0.3) is 0 Å². The molecule has 1 aliphatic rings. The Morgan fingerprint density at radius 2 is 1.87 bits per heavy atom. The molecule has 7 nitrogen and oxygen atoms in total. The second-order valence-electron chi connectivity index (χ2n) is 6.16. The minimum absolute atomic E-state index is 0.0671. The van der Waals surface area contributed by atoms with Gasteiger partial charge in [-0.05, 0) is 32.9 Å². The molecular formula is C14H20FN3O4S. The van der Waals surface area contributed by atoms with Gasteiger partial charge in [0, 0.05) is 32.4 Å². The third-order valence-corrected chi connectivity index (χ3v) is 5.03. The van der Waals surface area contributed by atoms with E-state index < -0.39 is 32.6 Å². The summed E-state index contributed by atoms with van der Waals surface area (Å²) in [4.78, 5) is 17.0. The van der Waals surface area contributed by atoms with Gasteiger partial charge in [0.25, 0.3) is 10.0 Å². The first-order valence-corrected chi connectivity index (χ1v) is 8.64. The average molecular weight is 345 g/mol. The van der Waals surface area contributed by atoms with Crippen molar-refractivity contribution in [2.45, 2.75) is 31.4 Å². The molecule has 0 radical (unpaired) electrons. The van der Waals surface area contributed by atoms with E-state index in [2.05, 4.69) is 4.98 Å². The van der Waals surface area contributed by atoms with Crippen molar-refractivity contribution in [3.05, 3.63) is 24.1 Å². The quantitative estimate of drug-likeness (QED) is 0.811. The Morgan fingerprint density at radius 1 is 1.26 bits per heavy atom. The molecule has 0 aliphatic carbocycles. The van der Waals surface area contributed by atoms with Crippen LogP contribution in [0, 0.1) is 5.82 Å². The fourth-order valence-corrected chi connectivity index (χ4v) is 3.52. The van der Waals surface area contributed by atoms with Gasteiger partial charge in [0.15, 0.2) is 5.82 Å². The Bertz CT molecular complexity index is 680. The average Bonchev–Trinajstić information content (AvgIpc) is 2.46. The number of halogens is 1. The molecule has 0 aromatic carbocycles. The maximum absolute atomic E-state index is 13.7. The molecule has 2 rings (SSSR count). The summed E-state index contributed by atoms with van der Waals surface area (Å²) in [6.45, 7) is 5.78. The number of ether oxygens (including phenoxy) is 1. The van der Waals surface area contributed by atoms with Gasteiger partial charge in [-0.15, -0.1) is 0 Å². The van der Waals surface area contributed by atoms with Crippen molar-refractivity contribution < 1.29 is 22.3 Å². The van der Waals surface area contributed by atoms with Crippen molar-refractivity contribution in [2.75, 3.05) is 26.2 Å². The monoisotopic (exact) mass is 345 g/mol. The van der Waals surface area contributed by atoms with E-state index in [1.807, 2.05) is 0 Å². The van der Waals surface area contributed by atoms with Gasteiger partial charge in [0.1, 0.15) is 5.60 Å². The Hall–Kier alpha value is -1.74. The lowest BCUT2D eigenvalue weighted by Crippen LogP contribution is -2.51. The summed E-state index contributed by atoms with van der Waals surface area (Å²) in [6.07, 6.45) is 0.742. The van der Waals surface area contributed by atoms with Crippen LogP contribution < -0.4 is 0 Å². The Labute approximate surface area is 135 Å². The van der Waals surface area contributed by atoms with Crippen molar-refractivity contribution in [1.29, 1.82) is 0 Å². The number of rotatable bonds is 2. The highest BCUT2D eigenvalue weighted by atomic mass is 32.2. The third kappa shape index (κ3) is 4.17. The fraction of sp³-hybridized carbons (Fsp3) is 0.571. The summed E-state index contributed by atoms with van der Waals surface area (Å²) in [5.74, 6) is -0.887. The molecule has 0 unspecified atom stereocenters. The van der Waals surface area contributed by atoms with E-state index in [1.54, 1.807) is 20.8 Å². The summed E-state index contributed by atoms with van der Waals surface area (Å²) in [7, 11) is -4.01. The minimum atomic E-state index is -4.01. The fourth-order valence-electron chi connectivity index (χ4n) is 2.12. The van der Waals surface area contributed by atoms with Crippen LogP contribution in [0.2, 0.25) is 0 Å². The summed E-state index contributed by atoms with van der Waals surface area (Å²) in [5.41, 5.74) is -0.614. The Morgan fingerprint density at radius 3 is 2.39 bits per heavy atom. The number of piperazine rings is 1. The molecule has 1 aliphatic heterocycles. The number of carbonyl (C=O) groups excluding carboxylic acids is 1. The molecule has 0 spiro atoms. The summed E-state index contributed by atoms with van der Waals surface area (Å²) in [5, 5.41) is -0.592. The highest BCUT2D eigenvalue weighted by Crippen LogP contribution is 2.19. The Balaban J connectivity index is 2.04. The lowest BCUT2D eigenvalue weighted by atomic mass is 10.2. The van der Waals surface area contributed by atoms with Crippen molar-refractivity contribution in [2.24, 2.45) is 0 Å². The van der Waals surface area contributed by atoms with Gasteiger partial charge in [-0.2, -0.15) is 4.31 Å². The number of aromatic nitrogens is 1. The van der Waals surface area contributed by atoms with Gasteiger partial charge < -0.3 is 9.64 Å². The van der Waals surface area contributed by atoms with Crippen LogP contribution in [0.5, 0.6) is 0 Å². The maximum Gasteiger partial charge on any atom is 0.410 e. The van der Waals surface area contributed by atoms with Gasteiger partial charge in [-0.25, -0.2) is 22.6 Å². The van der Waals surface area contributed by atoms with Crippen LogP contribution in [-0.2, 0) is 14.8 Å². The zero-order valence-electron chi connectivity index (χ0n) is 13.3. The van der Waals surface area contributed by atoms with Crippen molar-refractivity contribution in [3.8, 4) is 0 Å². The van der Waals surface area contributed by atoms with E-state index in [4.69, 9.17) is 4.74 Å². The number of sulfonamides is 1. The normalized spacial score (nSPS) is 17.1. The highest BCUT2D eigenvalue weighted by molar-refractivity contribution is 7.89. The smallest absolute Gasteiger partial charge is 0.410 e. The third-order valence-electron chi connectivity index (χ3n) is 3.20. The molecule has 23 heavy (non-hydrogen) atoms. The zero-order chi connectivity index (χ0) is 17.3. The number of nitrogens with zero attached hydrogens (tertiary/aromatic N) is 3. The lowest BCUT2D eigenvalue weighted by molar-refractivity contribution is 0.0192. The number of pyridine rings is 1. The van der Waals surface area contributed by atoms with Crippen molar-refractivity contribution in [3.63, 3.8) is 0 Å². The molecule has 1 saturated heterocycles. The topological polar surface area (TPSA) is 79.8 Å². The molecule has 1 fully saturated rings. The predicted octanol–water partition coefficient (Wildman–Crippen LogP) is 1.46. The standard InChI is InChI=1S/C14H20FN3O4S/c1-14(2,3)22-13(19)17-7-9-18(10-8-17)23(20,21)12-11(15)5-4-6-16-12/h4-6H,7-10H2,1-3H3. The molecule has 2 heterocycles. The number of hydrogen-bond donors (Lipinski definition) is 0. The van der Waals surface area contributed by atoms with Gasteiger partial charge in [0.2, 0.25) is 5.03 Å². The van der Waals surface area contributed by atoms with E-state index in [9.17, 15) is 17.6 Å². The molecule has 0 saturated carbocycles. The number of hydrogen-bond acceptors (Lipinski definition) is 5. The van der Waals surface area contributed by atoms with Gasteiger partial charge in [-0.1, -0.05) is 0 Å². The second-order valence-corrected chi connectivity index (χ2v) is 8.02. The Kier molecular flexibility index (Phi) is 4.90. The molecule has 0 atom stereocenters. The van der Waals surface area contributed by atoms with Crippen LogP contribution >= 0.6 is 0 Å². The second kappa shape index (κ2) is 6.40. The first kappa shape index (κ1) is 17.6. The molecule has 1 amide bonds. The molecule has 1 aromatic rings. The van der Waals surface area contributed by atoms with Crippen LogP contribution in [0.15, 0.2) is 23.4 Å². The van der Waals surface area contributed by atoms with E-state index in [0.717, 1.165) is 10.4 Å². The predicted molar refractivity (Wildman–Crippen MR) is 80.8 cm³/mol. The van der Waals surface area contributed by atoms with E-state index in [0.29, 0.717) is 0 Å². The largest absolute Gasteiger partial charge is 0.444 e. The lowest BCUT2D eigenvalue weighted by Gasteiger charge is -2.34. The first-order valence-electron chi connectivity index (χ1n) is 7.20. The molecule has 0 bridgehead atoms. The van der Waals surface area contributed by atoms with Crippen LogP contribution in [0.1, 0.15) is 20.8 Å². The summed E-state index contributed by atoms with van der Waals surface area (Å²) >= 11 is 0. The van der Waals surface area contributed by atoms with Gasteiger partial charge >= 0.3 is 6.09 Å². The minimum Gasteiger partial charge on any atom is -0.444 e. The van der Waals surface area contributed by atoms with E-state index >= 15 is 0 Å². The SMILES string of the molecule is CC(C)(C)OC(=O)N1CCN(S(=O)(=O)c2ncccc2F)CC1. The number of carbonyl (C=O) groups is 1. The summed E-state index contributed by atoms with van der Waals surface area (Å²) < 4.78 is 44.9. The molecular weight excluding hydrogens is 325 g/mol.